The summed E-state index contributed by atoms with van der Waals surface area (Å²) in [4.78, 5) is 11.1. The summed E-state index contributed by atoms with van der Waals surface area (Å²) in [6.45, 7) is 10.1. The van der Waals surface area contributed by atoms with Crippen LogP contribution < -0.4 is 0 Å². The minimum Gasteiger partial charge on any atom is -0.465 e. The van der Waals surface area contributed by atoms with Gasteiger partial charge in [-0.15, -0.1) is 0 Å². The van der Waals surface area contributed by atoms with E-state index in [2.05, 4.69) is 13.8 Å². The monoisotopic (exact) mass is 216 g/mol. The molecule has 0 unspecified atom stereocenters. The Morgan fingerprint density at radius 1 is 1.07 bits per heavy atom. The summed E-state index contributed by atoms with van der Waals surface area (Å²) in [5, 5.41) is 0. The second-order valence-electron chi connectivity index (χ2n) is 4.62. The molecule has 3 heteroatoms. The van der Waals surface area contributed by atoms with Crippen LogP contribution in [-0.4, -0.2) is 25.8 Å². The van der Waals surface area contributed by atoms with Crippen LogP contribution in [0.3, 0.4) is 0 Å². The van der Waals surface area contributed by atoms with Gasteiger partial charge in [0.1, 0.15) is 0 Å². The Bertz CT molecular complexity index is 164. The van der Waals surface area contributed by atoms with Crippen LogP contribution in [0.25, 0.3) is 0 Å². The quantitative estimate of drug-likeness (QED) is 0.462. The lowest BCUT2D eigenvalue weighted by molar-refractivity contribution is -0.145. The first-order chi connectivity index (χ1) is 7.02. The molecule has 0 radical (unpaired) electrons. The number of hydrogen-bond donors (Lipinski definition) is 0. The fraction of sp³-hybridized carbons (Fsp3) is 0.917. The van der Waals surface area contributed by atoms with Gasteiger partial charge in [-0.3, -0.25) is 4.79 Å². The zero-order chi connectivity index (χ0) is 11.7. The molecule has 0 aromatic heterocycles. The van der Waals surface area contributed by atoms with Crippen molar-refractivity contribution in [2.45, 2.75) is 40.5 Å². The van der Waals surface area contributed by atoms with Crippen molar-refractivity contribution in [1.29, 1.82) is 0 Å². The van der Waals surface area contributed by atoms with Crippen LogP contribution in [0.2, 0.25) is 0 Å². The van der Waals surface area contributed by atoms with Crippen LogP contribution in [0.1, 0.15) is 40.5 Å². The Labute approximate surface area is 93.1 Å². The lowest BCUT2D eigenvalue weighted by Crippen LogP contribution is -2.12. The first-order valence-corrected chi connectivity index (χ1v) is 5.75. The number of carbonyl (C=O) groups excluding carboxylic acids is 1. The molecule has 0 heterocycles. The molecule has 3 nitrogen and oxygen atoms in total. The molecule has 0 amide bonds. The summed E-state index contributed by atoms with van der Waals surface area (Å²) in [5.41, 5.74) is 0. The van der Waals surface area contributed by atoms with Gasteiger partial charge in [0.25, 0.3) is 0 Å². The van der Waals surface area contributed by atoms with Gasteiger partial charge in [-0.2, -0.15) is 0 Å². The molecule has 0 aromatic rings. The molecular weight excluding hydrogens is 192 g/mol. The van der Waals surface area contributed by atoms with Crippen molar-refractivity contribution >= 4 is 5.97 Å². The largest absolute Gasteiger partial charge is 0.465 e. The molecule has 0 saturated heterocycles. The minimum absolute atomic E-state index is 0.159. The molecule has 0 saturated carbocycles. The standard InChI is InChI=1S/C12H24O3/c1-10(2)5-7-14-8-6-12(13)15-9-11(3)4/h10-11H,5-9H2,1-4H3. The van der Waals surface area contributed by atoms with E-state index in [1.54, 1.807) is 0 Å². The Morgan fingerprint density at radius 3 is 2.27 bits per heavy atom. The van der Waals surface area contributed by atoms with Crippen LogP contribution in [0, 0.1) is 11.8 Å². The lowest BCUT2D eigenvalue weighted by atomic mass is 10.1. The van der Waals surface area contributed by atoms with Gasteiger partial charge in [0.05, 0.1) is 19.6 Å². The third-order valence-electron chi connectivity index (χ3n) is 1.87. The third kappa shape index (κ3) is 11.4. The summed E-state index contributed by atoms with van der Waals surface area (Å²) in [5.74, 6) is 0.891. The van der Waals surface area contributed by atoms with Gasteiger partial charge in [-0.25, -0.2) is 0 Å². The number of hydrogen-bond acceptors (Lipinski definition) is 3. The van der Waals surface area contributed by atoms with Crippen molar-refractivity contribution in [3.05, 3.63) is 0 Å². The van der Waals surface area contributed by atoms with E-state index in [1.165, 1.54) is 0 Å². The summed E-state index contributed by atoms with van der Waals surface area (Å²) >= 11 is 0. The van der Waals surface area contributed by atoms with Crippen molar-refractivity contribution in [3.63, 3.8) is 0 Å². The summed E-state index contributed by atoms with van der Waals surface area (Å²) in [7, 11) is 0. The fourth-order valence-electron chi connectivity index (χ4n) is 0.908. The van der Waals surface area contributed by atoms with Crippen LogP contribution in [-0.2, 0) is 14.3 Å². The molecule has 15 heavy (non-hydrogen) atoms. The van der Waals surface area contributed by atoms with Crippen molar-refractivity contribution < 1.29 is 14.3 Å². The maximum Gasteiger partial charge on any atom is 0.308 e. The van der Waals surface area contributed by atoms with Crippen LogP contribution in [0.5, 0.6) is 0 Å². The SMILES string of the molecule is CC(C)CCOCCC(=O)OCC(C)C. The highest BCUT2D eigenvalue weighted by atomic mass is 16.5. The first kappa shape index (κ1) is 14.4. The minimum atomic E-state index is -0.159. The summed E-state index contributed by atoms with van der Waals surface area (Å²) in [6.07, 6.45) is 1.41. The Morgan fingerprint density at radius 2 is 1.73 bits per heavy atom. The Kier molecular flexibility index (Phi) is 8.38. The molecule has 0 bridgehead atoms. The number of ether oxygens (including phenoxy) is 2. The van der Waals surface area contributed by atoms with Crippen molar-refractivity contribution in [3.8, 4) is 0 Å². The molecule has 0 atom stereocenters. The smallest absolute Gasteiger partial charge is 0.308 e. The molecule has 90 valence electrons. The van der Waals surface area contributed by atoms with E-state index in [-0.39, 0.29) is 5.97 Å². The van der Waals surface area contributed by atoms with E-state index in [4.69, 9.17) is 9.47 Å². The van der Waals surface area contributed by atoms with Crippen LogP contribution in [0.15, 0.2) is 0 Å². The van der Waals surface area contributed by atoms with E-state index < -0.39 is 0 Å². The van der Waals surface area contributed by atoms with E-state index in [1.807, 2.05) is 13.8 Å². The van der Waals surface area contributed by atoms with E-state index in [9.17, 15) is 4.79 Å². The topological polar surface area (TPSA) is 35.5 Å². The molecule has 0 fully saturated rings. The van der Waals surface area contributed by atoms with E-state index >= 15 is 0 Å². The second-order valence-corrected chi connectivity index (χ2v) is 4.62. The van der Waals surface area contributed by atoms with Gasteiger partial charge in [-0.1, -0.05) is 27.7 Å². The van der Waals surface area contributed by atoms with E-state index in [0.717, 1.165) is 13.0 Å². The maximum absolute atomic E-state index is 11.1. The lowest BCUT2D eigenvalue weighted by Gasteiger charge is -2.08. The molecular formula is C12H24O3. The number of esters is 1. The Hall–Kier alpha value is -0.570. The van der Waals surface area contributed by atoms with E-state index in [0.29, 0.717) is 31.5 Å². The Balaban J connectivity index is 3.24. The van der Waals surface area contributed by atoms with Gasteiger partial charge in [0.15, 0.2) is 0 Å². The molecule has 0 N–H and O–H groups in total. The van der Waals surface area contributed by atoms with Crippen LogP contribution >= 0.6 is 0 Å². The zero-order valence-electron chi connectivity index (χ0n) is 10.4. The highest BCUT2D eigenvalue weighted by Crippen LogP contribution is 2.00. The summed E-state index contributed by atoms with van der Waals surface area (Å²) < 4.78 is 10.3. The van der Waals surface area contributed by atoms with Gasteiger partial charge in [0.2, 0.25) is 0 Å². The highest BCUT2D eigenvalue weighted by molar-refractivity contribution is 5.69. The maximum atomic E-state index is 11.1. The average Bonchev–Trinajstić information content (AvgIpc) is 2.13. The van der Waals surface area contributed by atoms with Crippen molar-refractivity contribution in [2.75, 3.05) is 19.8 Å². The molecule has 0 aliphatic carbocycles. The predicted molar refractivity (Wildman–Crippen MR) is 60.7 cm³/mol. The number of carbonyl (C=O) groups is 1. The molecule has 0 spiro atoms. The molecule has 0 aromatic carbocycles. The van der Waals surface area contributed by atoms with Crippen LogP contribution in [0.4, 0.5) is 0 Å². The van der Waals surface area contributed by atoms with Gasteiger partial charge in [-0.05, 0) is 18.3 Å². The highest BCUT2D eigenvalue weighted by Gasteiger charge is 2.04. The third-order valence-corrected chi connectivity index (χ3v) is 1.87. The fourth-order valence-corrected chi connectivity index (χ4v) is 0.908. The van der Waals surface area contributed by atoms with Crippen molar-refractivity contribution in [1.82, 2.24) is 0 Å². The van der Waals surface area contributed by atoms with Crippen molar-refractivity contribution in [2.24, 2.45) is 11.8 Å². The molecule has 0 aliphatic heterocycles. The van der Waals surface area contributed by atoms with Gasteiger partial charge < -0.3 is 9.47 Å². The zero-order valence-corrected chi connectivity index (χ0v) is 10.4. The molecule has 0 aliphatic rings. The molecule has 0 rings (SSSR count). The predicted octanol–water partition coefficient (Wildman–Crippen LogP) is 2.64. The second kappa shape index (κ2) is 8.72. The average molecular weight is 216 g/mol. The number of rotatable bonds is 8. The van der Waals surface area contributed by atoms with Gasteiger partial charge >= 0.3 is 5.97 Å². The summed E-state index contributed by atoms with van der Waals surface area (Å²) in [6, 6.07) is 0. The van der Waals surface area contributed by atoms with Gasteiger partial charge in [0, 0.05) is 6.61 Å². The first-order valence-electron chi connectivity index (χ1n) is 5.75. The normalized spacial score (nSPS) is 11.1.